The summed E-state index contributed by atoms with van der Waals surface area (Å²) in [5.41, 5.74) is 1.32. The van der Waals surface area contributed by atoms with Gasteiger partial charge in [0, 0.05) is 6.54 Å². The number of hydrogen-bond donors (Lipinski definition) is 1. The van der Waals surface area contributed by atoms with Gasteiger partial charge in [0.15, 0.2) is 0 Å². The van der Waals surface area contributed by atoms with Gasteiger partial charge in [-0.25, -0.2) is 0 Å². The lowest BCUT2D eigenvalue weighted by Crippen LogP contribution is -2.42. The lowest BCUT2D eigenvalue weighted by atomic mass is 10.0. The summed E-state index contributed by atoms with van der Waals surface area (Å²) in [4.78, 5) is 14.7. The van der Waals surface area contributed by atoms with Crippen LogP contribution in [-0.4, -0.2) is 29.6 Å². The number of nitrogens with one attached hydrogen (secondary N) is 1. The summed E-state index contributed by atoms with van der Waals surface area (Å²) in [7, 11) is 0. The zero-order valence-corrected chi connectivity index (χ0v) is 12.9. The third-order valence-electron chi connectivity index (χ3n) is 5.04. The second-order valence-corrected chi connectivity index (χ2v) is 6.36. The van der Waals surface area contributed by atoms with Gasteiger partial charge in [-0.2, -0.15) is 0 Å². The van der Waals surface area contributed by atoms with E-state index in [1.165, 1.54) is 31.2 Å². The summed E-state index contributed by atoms with van der Waals surface area (Å²) in [5, 5.41) is 3.63. The maximum Gasteiger partial charge on any atom is 0.241 e. The van der Waals surface area contributed by atoms with Crippen LogP contribution in [0.15, 0.2) is 30.3 Å². The fraction of sp³-hybridized carbons (Fsp3) is 0.611. The van der Waals surface area contributed by atoms with Gasteiger partial charge in [-0.05, 0) is 44.1 Å². The minimum atomic E-state index is 0.00996. The van der Waals surface area contributed by atoms with E-state index in [1.807, 2.05) is 6.07 Å². The first-order chi connectivity index (χ1) is 10.3. The van der Waals surface area contributed by atoms with Crippen molar-refractivity contribution in [2.75, 3.05) is 6.54 Å². The molecule has 3 rings (SSSR count). The molecule has 0 radical (unpaired) electrons. The van der Waals surface area contributed by atoms with E-state index in [0.717, 1.165) is 19.4 Å². The Morgan fingerprint density at radius 1 is 1.19 bits per heavy atom. The van der Waals surface area contributed by atoms with Gasteiger partial charge in [0.25, 0.3) is 0 Å². The highest BCUT2D eigenvalue weighted by Crippen LogP contribution is 2.32. The highest BCUT2D eigenvalue weighted by atomic mass is 16.2. The molecule has 1 heterocycles. The molecule has 2 aliphatic rings. The topological polar surface area (TPSA) is 32.3 Å². The smallest absolute Gasteiger partial charge is 0.241 e. The van der Waals surface area contributed by atoms with Gasteiger partial charge in [0.05, 0.1) is 12.2 Å². The Morgan fingerprint density at radius 2 is 1.90 bits per heavy atom. The Balaban J connectivity index is 1.62. The van der Waals surface area contributed by atoms with E-state index in [2.05, 4.69) is 41.4 Å². The molecule has 2 unspecified atom stereocenters. The van der Waals surface area contributed by atoms with Gasteiger partial charge in [-0.1, -0.05) is 43.2 Å². The normalized spacial score (nSPS) is 26.7. The summed E-state index contributed by atoms with van der Waals surface area (Å²) in [6, 6.07) is 10.5. The van der Waals surface area contributed by atoms with Crippen molar-refractivity contribution in [3.8, 4) is 0 Å². The number of benzene rings is 1. The molecule has 1 saturated heterocycles. The predicted molar refractivity (Wildman–Crippen MR) is 84.8 cm³/mol. The van der Waals surface area contributed by atoms with Crippen LogP contribution in [-0.2, 0) is 11.2 Å². The molecule has 1 amide bonds. The standard InChI is InChI=1S/C18H26N2O/c1-2-20-17(15-10-6-7-11-15)19-16(18(20)21)13-12-14-8-4-3-5-9-14/h3-5,8-9,15-17,19H,2,6-7,10-13H2,1H3. The summed E-state index contributed by atoms with van der Waals surface area (Å²) in [5.74, 6) is 0.973. The Labute approximate surface area is 127 Å². The number of likely N-dealkylation sites (N-methyl/N-ethyl adjacent to an activating group) is 1. The minimum absolute atomic E-state index is 0.00996. The quantitative estimate of drug-likeness (QED) is 0.902. The molecule has 2 fully saturated rings. The highest BCUT2D eigenvalue weighted by molar-refractivity contribution is 5.84. The summed E-state index contributed by atoms with van der Waals surface area (Å²) < 4.78 is 0. The molecule has 0 spiro atoms. The van der Waals surface area contributed by atoms with E-state index in [0.29, 0.717) is 11.8 Å². The minimum Gasteiger partial charge on any atom is -0.326 e. The Bertz CT molecular complexity index is 467. The number of rotatable bonds is 5. The van der Waals surface area contributed by atoms with Crippen molar-refractivity contribution in [1.82, 2.24) is 10.2 Å². The fourth-order valence-electron chi connectivity index (χ4n) is 3.88. The Morgan fingerprint density at radius 3 is 2.57 bits per heavy atom. The molecule has 1 aliphatic heterocycles. The first-order valence-corrected chi connectivity index (χ1v) is 8.40. The highest BCUT2D eigenvalue weighted by Gasteiger charge is 2.41. The van der Waals surface area contributed by atoms with Crippen molar-refractivity contribution in [3.63, 3.8) is 0 Å². The van der Waals surface area contributed by atoms with Crippen LogP contribution < -0.4 is 5.32 Å². The third kappa shape index (κ3) is 3.13. The zero-order valence-electron chi connectivity index (χ0n) is 12.9. The molecule has 1 aliphatic carbocycles. The van der Waals surface area contributed by atoms with E-state index in [1.54, 1.807) is 0 Å². The molecule has 3 heteroatoms. The van der Waals surface area contributed by atoms with Crippen LogP contribution in [0.5, 0.6) is 0 Å². The van der Waals surface area contributed by atoms with Crippen molar-refractivity contribution in [1.29, 1.82) is 0 Å². The molecule has 114 valence electrons. The molecular formula is C18H26N2O. The number of carbonyl (C=O) groups excluding carboxylic acids is 1. The van der Waals surface area contributed by atoms with Crippen molar-refractivity contribution >= 4 is 5.91 Å². The molecular weight excluding hydrogens is 260 g/mol. The molecule has 0 aromatic heterocycles. The second kappa shape index (κ2) is 6.61. The molecule has 1 aromatic carbocycles. The number of nitrogens with zero attached hydrogens (tertiary/aromatic N) is 1. The lowest BCUT2D eigenvalue weighted by Gasteiger charge is -2.27. The van der Waals surface area contributed by atoms with E-state index >= 15 is 0 Å². The van der Waals surface area contributed by atoms with Crippen LogP contribution in [0.1, 0.15) is 44.6 Å². The number of carbonyl (C=O) groups is 1. The number of amides is 1. The maximum atomic E-state index is 12.6. The van der Waals surface area contributed by atoms with Crippen LogP contribution >= 0.6 is 0 Å². The average Bonchev–Trinajstić information content (AvgIpc) is 3.14. The van der Waals surface area contributed by atoms with Crippen molar-refractivity contribution in [2.24, 2.45) is 5.92 Å². The van der Waals surface area contributed by atoms with Crippen LogP contribution in [0, 0.1) is 5.92 Å². The van der Waals surface area contributed by atoms with Gasteiger partial charge >= 0.3 is 0 Å². The summed E-state index contributed by atoms with van der Waals surface area (Å²) >= 11 is 0. The van der Waals surface area contributed by atoms with Crippen molar-refractivity contribution in [2.45, 2.75) is 57.7 Å². The van der Waals surface area contributed by atoms with Crippen LogP contribution in [0.3, 0.4) is 0 Å². The molecule has 0 bridgehead atoms. The molecule has 21 heavy (non-hydrogen) atoms. The van der Waals surface area contributed by atoms with Gasteiger partial charge in [-0.3, -0.25) is 10.1 Å². The number of hydrogen-bond acceptors (Lipinski definition) is 2. The SMILES string of the molecule is CCN1C(=O)C(CCc2ccccc2)NC1C1CCCC1. The third-order valence-corrected chi connectivity index (χ3v) is 5.04. The summed E-state index contributed by atoms with van der Waals surface area (Å²) in [6.45, 7) is 2.93. The average molecular weight is 286 g/mol. The predicted octanol–water partition coefficient (Wildman–Crippen LogP) is 2.96. The molecule has 1 saturated carbocycles. The molecule has 1 N–H and O–H groups in total. The lowest BCUT2D eigenvalue weighted by molar-refractivity contribution is -0.130. The summed E-state index contributed by atoms with van der Waals surface area (Å²) in [6.07, 6.45) is 7.35. The Hall–Kier alpha value is -1.35. The van der Waals surface area contributed by atoms with E-state index in [-0.39, 0.29) is 12.2 Å². The first-order valence-electron chi connectivity index (χ1n) is 8.40. The van der Waals surface area contributed by atoms with Crippen LogP contribution in [0.2, 0.25) is 0 Å². The first kappa shape index (κ1) is 14.6. The van der Waals surface area contributed by atoms with Crippen LogP contribution in [0.25, 0.3) is 0 Å². The molecule has 1 aromatic rings. The molecule has 2 atom stereocenters. The van der Waals surface area contributed by atoms with Crippen molar-refractivity contribution in [3.05, 3.63) is 35.9 Å². The number of aryl methyl sites for hydroxylation is 1. The van der Waals surface area contributed by atoms with Gasteiger partial charge < -0.3 is 4.90 Å². The van der Waals surface area contributed by atoms with Crippen molar-refractivity contribution < 1.29 is 4.79 Å². The fourth-order valence-corrected chi connectivity index (χ4v) is 3.88. The van der Waals surface area contributed by atoms with E-state index < -0.39 is 0 Å². The largest absolute Gasteiger partial charge is 0.326 e. The van der Waals surface area contributed by atoms with E-state index in [4.69, 9.17) is 0 Å². The monoisotopic (exact) mass is 286 g/mol. The maximum absolute atomic E-state index is 12.6. The van der Waals surface area contributed by atoms with Crippen LogP contribution in [0.4, 0.5) is 0 Å². The van der Waals surface area contributed by atoms with Gasteiger partial charge in [0.1, 0.15) is 0 Å². The van der Waals surface area contributed by atoms with E-state index in [9.17, 15) is 4.79 Å². The molecule has 3 nitrogen and oxygen atoms in total. The second-order valence-electron chi connectivity index (χ2n) is 6.36. The van der Waals surface area contributed by atoms with Gasteiger partial charge in [0.2, 0.25) is 5.91 Å². The Kier molecular flexibility index (Phi) is 4.59. The van der Waals surface area contributed by atoms with Gasteiger partial charge in [-0.15, -0.1) is 0 Å². The zero-order chi connectivity index (χ0) is 14.7.